The molecule has 0 spiro atoms. The number of nitrogens with two attached hydrogens (primary N) is 1. The molecule has 43 heavy (non-hydrogen) atoms. The number of hydrogen-bond acceptors (Lipinski definition) is 11. The molecule has 4 atom stereocenters. The molecule has 222 valence electrons. The van der Waals surface area contributed by atoms with Gasteiger partial charge in [0.05, 0.1) is 23.4 Å². The first-order chi connectivity index (χ1) is 20.7. The van der Waals surface area contributed by atoms with Gasteiger partial charge in [0.25, 0.3) is 0 Å². The van der Waals surface area contributed by atoms with Crippen LogP contribution >= 0.6 is 11.8 Å². The summed E-state index contributed by atoms with van der Waals surface area (Å²) in [6.45, 7) is 4.87. The minimum absolute atomic E-state index is 0.00377. The highest BCUT2D eigenvalue weighted by Crippen LogP contribution is 2.66. The lowest BCUT2D eigenvalue weighted by Crippen LogP contribution is -2.45. The Hall–Kier alpha value is -4.33. The van der Waals surface area contributed by atoms with Gasteiger partial charge in [-0.3, -0.25) is 9.79 Å². The van der Waals surface area contributed by atoms with Crippen LogP contribution in [-0.4, -0.2) is 53.7 Å². The third-order valence-corrected chi connectivity index (χ3v) is 9.63. The van der Waals surface area contributed by atoms with Crippen molar-refractivity contribution in [2.45, 2.75) is 49.5 Å². The average molecular weight is 607 g/mol. The van der Waals surface area contributed by atoms with Gasteiger partial charge in [0.15, 0.2) is 28.7 Å². The molecular formula is C29H28F2N8O3S. The van der Waals surface area contributed by atoms with Crippen LogP contribution in [0.2, 0.25) is 0 Å². The normalized spacial score (nSPS) is 25.3. The van der Waals surface area contributed by atoms with Crippen molar-refractivity contribution in [3.63, 3.8) is 0 Å². The maximum absolute atomic E-state index is 15.5. The first-order valence-electron chi connectivity index (χ1n) is 14.0. The summed E-state index contributed by atoms with van der Waals surface area (Å²) in [5, 5.41) is 3.25. The Balaban J connectivity index is 1.19. The van der Waals surface area contributed by atoms with Gasteiger partial charge < -0.3 is 25.1 Å². The van der Waals surface area contributed by atoms with Crippen LogP contribution in [0.3, 0.4) is 0 Å². The molecule has 7 rings (SSSR count). The number of fused-ring (bicyclic) bond motifs is 2. The molecule has 2 fully saturated rings. The van der Waals surface area contributed by atoms with E-state index in [4.69, 9.17) is 14.9 Å². The predicted octanol–water partition coefficient (Wildman–Crippen LogP) is 4.83. The van der Waals surface area contributed by atoms with E-state index in [1.54, 1.807) is 19.9 Å². The SMILES string of the molecule is C[C@H](Oc1cnc2c(Nc3cc(F)c(F)c([C@]4(C)N=C(N)S[C@@]5(C(=O)N6CCCC6)C[C@@H]45)c3)nccc2n1)c1ncco1. The van der Waals surface area contributed by atoms with Gasteiger partial charge >= 0.3 is 0 Å². The van der Waals surface area contributed by atoms with Crippen molar-refractivity contribution < 1.29 is 22.7 Å². The molecule has 3 aromatic heterocycles. The second kappa shape index (κ2) is 10.1. The Kier molecular flexibility index (Phi) is 6.49. The Labute approximate surface area is 249 Å². The zero-order valence-corrected chi connectivity index (χ0v) is 24.2. The number of carbonyl (C=O) groups is 1. The molecule has 4 aromatic rings. The first kappa shape index (κ1) is 27.5. The number of nitrogens with zero attached hydrogens (tertiary/aromatic N) is 6. The van der Waals surface area contributed by atoms with Crippen molar-refractivity contribution in [1.82, 2.24) is 24.8 Å². The van der Waals surface area contributed by atoms with E-state index in [0.29, 0.717) is 36.4 Å². The molecular weight excluding hydrogens is 578 g/mol. The number of halogens is 2. The maximum atomic E-state index is 15.5. The number of anilines is 2. The average Bonchev–Trinajstić information content (AvgIpc) is 3.34. The molecule has 3 N–H and O–H groups in total. The van der Waals surface area contributed by atoms with Crippen molar-refractivity contribution in [2.24, 2.45) is 16.6 Å². The molecule has 1 amide bonds. The van der Waals surface area contributed by atoms with Crippen LogP contribution in [0.1, 0.15) is 50.7 Å². The van der Waals surface area contributed by atoms with Crippen LogP contribution in [0, 0.1) is 17.6 Å². The highest BCUT2D eigenvalue weighted by Gasteiger charge is 2.71. The highest BCUT2D eigenvalue weighted by molar-refractivity contribution is 8.15. The molecule has 5 heterocycles. The number of likely N-dealkylation sites (tertiary alicyclic amines) is 1. The lowest BCUT2D eigenvalue weighted by Gasteiger charge is -2.35. The molecule has 1 aliphatic carbocycles. The number of hydrogen-bond donors (Lipinski definition) is 2. The topological polar surface area (TPSA) is 145 Å². The predicted molar refractivity (Wildman–Crippen MR) is 156 cm³/mol. The second-order valence-corrected chi connectivity index (χ2v) is 12.5. The number of oxazole rings is 1. The van der Waals surface area contributed by atoms with Gasteiger partial charge in [-0.1, -0.05) is 11.8 Å². The van der Waals surface area contributed by atoms with Crippen molar-refractivity contribution >= 4 is 45.4 Å². The Morgan fingerprint density at radius 3 is 2.81 bits per heavy atom. The number of amides is 1. The van der Waals surface area contributed by atoms with E-state index in [1.165, 1.54) is 42.7 Å². The Morgan fingerprint density at radius 1 is 1.23 bits per heavy atom. The lowest BCUT2D eigenvalue weighted by atomic mass is 9.85. The van der Waals surface area contributed by atoms with E-state index < -0.39 is 28.0 Å². The zero-order chi connectivity index (χ0) is 29.9. The summed E-state index contributed by atoms with van der Waals surface area (Å²) in [5.41, 5.74) is 6.10. The van der Waals surface area contributed by atoms with Gasteiger partial charge in [-0.2, -0.15) is 0 Å². The van der Waals surface area contributed by atoms with E-state index in [2.05, 4.69) is 30.2 Å². The van der Waals surface area contributed by atoms with E-state index in [-0.39, 0.29) is 39.9 Å². The Morgan fingerprint density at radius 2 is 2.05 bits per heavy atom. The molecule has 14 heteroatoms. The number of thioether (sulfide) groups is 1. The molecule has 0 unspecified atom stereocenters. The molecule has 0 radical (unpaired) electrons. The molecule has 0 bridgehead atoms. The number of nitrogens with one attached hydrogen (secondary N) is 1. The standard InChI is InChI=1S/C29H28F2N8O3S/c1-15(25-34-7-10-41-25)42-21-14-35-23-19(37-21)5-6-33-24(23)36-16-11-17(22(31)18(30)12-16)28(2)20-13-29(20,43-27(32)38-28)26(40)39-8-3-4-9-39/h5-7,10-12,14-15,20H,3-4,8-9,13H2,1-2H3,(H2,32,38)(H,33,36)/t15-,20-,28-,29-/m0/s1. The van der Waals surface area contributed by atoms with Crippen LogP contribution in [0.25, 0.3) is 11.0 Å². The van der Waals surface area contributed by atoms with E-state index >= 15 is 8.78 Å². The Bertz CT molecular complexity index is 1770. The minimum atomic E-state index is -1.24. The van der Waals surface area contributed by atoms with Crippen LogP contribution in [0.4, 0.5) is 20.3 Å². The maximum Gasteiger partial charge on any atom is 0.239 e. The molecule has 2 aliphatic heterocycles. The summed E-state index contributed by atoms with van der Waals surface area (Å²) >= 11 is 1.24. The minimum Gasteiger partial charge on any atom is -0.464 e. The molecule has 11 nitrogen and oxygen atoms in total. The third-order valence-electron chi connectivity index (χ3n) is 8.34. The van der Waals surface area contributed by atoms with Crippen molar-refractivity contribution in [2.75, 3.05) is 18.4 Å². The van der Waals surface area contributed by atoms with Crippen molar-refractivity contribution in [3.8, 4) is 5.88 Å². The van der Waals surface area contributed by atoms with E-state index in [0.717, 1.165) is 18.9 Å². The van der Waals surface area contributed by atoms with Crippen LogP contribution < -0.4 is 15.8 Å². The number of pyridine rings is 1. The van der Waals surface area contributed by atoms with Crippen LogP contribution in [0.5, 0.6) is 5.88 Å². The summed E-state index contributed by atoms with van der Waals surface area (Å²) in [7, 11) is 0. The van der Waals surface area contributed by atoms with Crippen LogP contribution in [0.15, 0.2) is 52.5 Å². The largest absolute Gasteiger partial charge is 0.464 e. The number of carbonyl (C=O) groups excluding carboxylic acids is 1. The smallest absolute Gasteiger partial charge is 0.239 e. The fourth-order valence-electron chi connectivity index (χ4n) is 6.15. The van der Waals surface area contributed by atoms with E-state index in [9.17, 15) is 4.79 Å². The summed E-state index contributed by atoms with van der Waals surface area (Å²) in [4.78, 5) is 37.4. The number of aromatic nitrogens is 4. The monoisotopic (exact) mass is 606 g/mol. The summed E-state index contributed by atoms with van der Waals surface area (Å²) in [6, 6.07) is 4.21. The summed E-state index contributed by atoms with van der Waals surface area (Å²) in [5.74, 6) is -1.50. The van der Waals surface area contributed by atoms with Crippen LogP contribution in [-0.2, 0) is 10.3 Å². The highest BCUT2D eigenvalue weighted by atomic mass is 32.2. The van der Waals surface area contributed by atoms with Gasteiger partial charge in [-0.15, -0.1) is 0 Å². The summed E-state index contributed by atoms with van der Waals surface area (Å²) in [6.07, 6.45) is 7.83. The molecule has 1 saturated carbocycles. The number of benzene rings is 1. The number of aliphatic imine (C=N–C) groups is 1. The molecule has 3 aliphatic rings. The molecule has 1 saturated heterocycles. The van der Waals surface area contributed by atoms with Gasteiger partial charge in [0.1, 0.15) is 16.5 Å². The van der Waals surface area contributed by atoms with E-state index in [1.807, 2.05) is 4.90 Å². The summed E-state index contributed by atoms with van der Waals surface area (Å²) < 4.78 is 40.9. The van der Waals surface area contributed by atoms with Gasteiger partial charge in [-0.05, 0) is 45.2 Å². The number of amidine groups is 1. The fraction of sp³-hybridized carbons (Fsp3) is 0.379. The first-order valence-corrected chi connectivity index (χ1v) is 14.8. The van der Waals surface area contributed by atoms with Gasteiger partial charge in [0, 0.05) is 42.5 Å². The number of ether oxygens (including phenoxy) is 1. The van der Waals surface area contributed by atoms with Crippen molar-refractivity contribution in [1.29, 1.82) is 0 Å². The zero-order valence-electron chi connectivity index (χ0n) is 23.4. The quantitative estimate of drug-likeness (QED) is 0.300. The fourth-order valence-corrected chi connectivity index (χ4v) is 7.60. The molecule has 1 aromatic carbocycles. The van der Waals surface area contributed by atoms with Gasteiger partial charge in [0.2, 0.25) is 17.7 Å². The van der Waals surface area contributed by atoms with Gasteiger partial charge in [-0.25, -0.2) is 28.7 Å². The van der Waals surface area contributed by atoms with Crippen molar-refractivity contribution in [3.05, 3.63) is 66.1 Å². The second-order valence-electron chi connectivity index (χ2n) is 11.2. The number of rotatable bonds is 7. The lowest BCUT2D eigenvalue weighted by molar-refractivity contribution is -0.130. The third kappa shape index (κ3) is 4.64.